The van der Waals surface area contributed by atoms with E-state index in [4.69, 9.17) is 0 Å². The predicted molar refractivity (Wildman–Crippen MR) is 94.2 cm³/mol. The number of para-hydroxylation sites is 1. The highest BCUT2D eigenvalue weighted by atomic mass is 16.2. The normalized spacial score (nSPS) is 13.9. The number of hydrogen-bond acceptors (Lipinski definition) is 3. The van der Waals surface area contributed by atoms with E-state index in [9.17, 15) is 9.59 Å². The first-order valence-corrected chi connectivity index (χ1v) is 8.65. The van der Waals surface area contributed by atoms with Gasteiger partial charge in [0.1, 0.15) is 6.54 Å². The Balaban J connectivity index is 1.77. The zero-order valence-corrected chi connectivity index (χ0v) is 14.0. The molecule has 2 aromatic rings. The lowest BCUT2D eigenvalue weighted by atomic mass is 10.1. The molecule has 1 aliphatic carbocycles. The largest absolute Gasteiger partial charge is 0.324 e. The van der Waals surface area contributed by atoms with Gasteiger partial charge in [-0.25, -0.2) is 4.68 Å². The van der Waals surface area contributed by atoms with Crippen LogP contribution in [0.3, 0.4) is 0 Å². The molecule has 5 nitrogen and oxygen atoms in total. The first kappa shape index (κ1) is 16.4. The molecular weight excluding hydrogens is 302 g/mol. The van der Waals surface area contributed by atoms with Gasteiger partial charge in [-0.15, -0.1) is 0 Å². The van der Waals surface area contributed by atoms with E-state index in [-0.39, 0.29) is 18.0 Å². The number of nitrogens with zero attached hydrogens (tertiary/aromatic N) is 2. The van der Waals surface area contributed by atoms with Crippen LogP contribution < -0.4 is 10.9 Å². The third-order valence-corrected chi connectivity index (χ3v) is 4.49. The van der Waals surface area contributed by atoms with Crippen LogP contribution in [0.4, 0.5) is 5.69 Å². The molecule has 0 bridgehead atoms. The van der Waals surface area contributed by atoms with Crippen molar-refractivity contribution < 1.29 is 4.79 Å². The van der Waals surface area contributed by atoms with Gasteiger partial charge in [0.15, 0.2) is 0 Å². The molecule has 0 radical (unpaired) electrons. The van der Waals surface area contributed by atoms with Crippen LogP contribution in [0, 0.1) is 0 Å². The van der Waals surface area contributed by atoms with Crippen molar-refractivity contribution in [2.75, 3.05) is 5.32 Å². The molecule has 1 N–H and O–H groups in total. The number of anilines is 1. The highest BCUT2D eigenvalue weighted by molar-refractivity contribution is 5.91. The molecule has 0 aliphatic heterocycles. The van der Waals surface area contributed by atoms with Crippen molar-refractivity contribution in [1.82, 2.24) is 9.78 Å². The van der Waals surface area contributed by atoms with Crippen LogP contribution in [0.2, 0.25) is 0 Å². The molecule has 1 aliphatic rings. The molecule has 1 heterocycles. The topological polar surface area (TPSA) is 64.0 Å². The van der Waals surface area contributed by atoms with Crippen LogP contribution in [0.5, 0.6) is 0 Å². The second-order valence-corrected chi connectivity index (χ2v) is 6.23. The molecular formula is C19H23N3O2. The van der Waals surface area contributed by atoms with E-state index in [1.165, 1.54) is 11.1 Å². The molecule has 1 aromatic heterocycles. The Kier molecular flexibility index (Phi) is 5.08. The smallest absolute Gasteiger partial charge is 0.267 e. The number of aromatic nitrogens is 2. The summed E-state index contributed by atoms with van der Waals surface area (Å²) in [6.07, 6.45) is 6.00. The summed E-state index contributed by atoms with van der Waals surface area (Å²) in [4.78, 5) is 24.6. The quantitative estimate of drug-likeness (QED) is 0.879. The number of amides is 1. The number of fused-ring (bicyclic) bond motifs is 1. The Labute approximate surface area is 141 Å². The molecule has 24 heavy (non-hydrogen) atoms. The fraction of sp³-hybridized carbons (Fsp3) is 0.421. The standard InChI is InChI=1S/C19H23N3O2/c1-2-14-8-6-7-10-16(14)20-18(23)13-22-19(24)12-15-9-4-3-5-11-17(15)21-22/h6-8,10,12H,2-5,9,11,13H2,1H3,(H,20,23). The maximum absolute atomic E-state index is 12.3. The van der Waals surface area contributed by atoms with Crippen molar-refractivity contribution in [3.63, 3.8) is 0 Å². The summed E-state index contributed by atoms with van der Waals surface area (Å²) in [5.41, 5.74) is 3.69. The van der Waals surface area contributed by atoms with Gasteiger partial charge < -0.3 is 5.32 Å². The Bertz CT molecular complexity index is 795. The minimum absolute atomic E-state index is 0.0514. The predicted octanol–water partition coefficient (Wildman–Crippen LogP) is 2.71. The molecule has 1 amide bonds. The van der Waals surface area contributed by atoms with Crippen LogP contribution in [0.1, 0.15) is 43.0 Å². The molecule has 0 saturated carbocycles. The zero-order chi connectivity index (χ0) is 16.9. The van der Waals surface area contributed by atoms with E-state index in [0.29, 0.717) is 0 Å². The van der Waals surface area contributed by atoms with E-state index in [1.54, 1.807) is 6.07 Å². The average Bonchev–Trinajstić information content (AvgIpc) is 2.80. The van der Waals surface area contributed by atoms with E-state index >= 15 is 0 Å². The molecule has 0 saturated heterocycles. The minimum atomic E-state index is -0.223. The van der Waals surface area contributed by atoms with Crippen molar-refractivity contribution in [2.45, 2.75) is 52.0 Å². The first-order chi connectivity index (χ1) is 11.7. The van der Waals surface area contributed by atoms with E-state index < -0.39 is 0 Å². The van der Waals surface area contributed by atoms with E-state index in [2.05, 4.69) is 10.4 Å². The summed E-state index contributed by atoms with van der Waals surface area (Å²) in [6.45, 7) is 1.99. The van der Waals surface area contributed by atoms with Gasteiger partial charge in [0.25, 0.3) is 5.56 Å². The maximum atomic E-state index is 12.3. The second-order valence-electron chi connectivity index (χ2n) is 6.23. The Morgan fingerprint density at radius 3 is 2.83 bits per heavy atom. The molecule has 0 atom stereocenters. The highest BCUT2D eigenvalue weighted by Crippen LogP contribution is 2.17. The Morgan fingerprint density at radius 2 is 2.00 bits per heavy atom. The summed E-state index contributed by atoms with van der Waals surface area (Å²) in [5.74, 6) is -0.223. The van der Waals surface area contributed by atoms with E-state index in [1.807, 2.05) is 31.2 Å². The van der Waals surface area contributed by atoms with Crippen LogP contribution in [0.15, 0.2) is 35.1 Å². The van der Waals surface area contributed by atoms with Crippen molar-refractivity contribution >= 4 is 11.6 Å². The lowest BCUT2D eigenvalue weighted by Crippen LogP contribution is -2.31. The number of carbonyl (C=O) groups excluding carboxylic acids is 1. The summed E-state index contributed by atoms with van der Waals surface area (Å²) in [7, 11) is 0. The fourth-order valence-electron chi connectivity index (χ4n) is 3.17. The molecule has 0 spiro atoms. The van der Waals surface area contributed by atoms with E-state index in [0.717, 1.165) is 54.6 Å². The fourth-order valence-corrected chi connectivity index (χ4v) is 3.17. The number of carbonyl (C=O) groups is 1. The van der Waals surface area contributed by atoms with Crippen LogP contribution in [-0.4, -0.2) is 15.7 Å². The van der Waals surface area contributed by atoms with Gasteiger partial charge in [-0.05, 0) is 49.3 Å². The molecule has 1 aromatic carbocycles. The molecule has 126 valence electrons. The number of nitrogens with one attached hydrogen (secondary N) is 1. The summed E-state index contributed by atoms with van der Waals surface area (Å²) >= 11 is 0. The van der Waals surface area contributed by atoms with Crippen LogP contribution in [-0.2, 0) is 30.6 Å². The summed E-state index contributed by atoms with van der Waals surface area (Å²) < 4.78 is 1.29. The molecule has 0 fully saturated rings. The van der Waals surface area contributed by atoms with Gasteiger partial charge in [0, 0.05) is 11.8 Å². The number of rotatable bonds is 4. The van der Waals surface area contributed by atoms with Gasteiger partial charge in [0.05, 0.1) is 5.69 Å². The van der Waals surface area contributed by atoms with Crippen LogP contribution >= 0.6 is 0 Å². The Hall–Kier alpha value is -2.43. The van der Waals surface area contributed by atoms with Gasteiger partial charge in [-0.2, -0.15) is 5.10 Å². The van der Waals surface area contributed by atoms with Gasteiger partial charge in [0.2, 0.25) is 5.91 Å². The summed E-state index contributed by atoms with van der Waals surface area (Å²) in [5, 5.41) is 7.33. The third-order valence-electron chi connectivity index (χ3n) is 4.49. The number of benzene rings is 1. The van der Waals surface area contributed by atoms with Crippen molar-refractivity contribution in [3.8, 4) is 0 Å². The average molecular weight is 325 g/mol. The lowest BCUT2D eigenvalue weighted by Gasteiger charge is -2.12. The van der Waals surface area contributed by atoms with Crippen molar-refractivity contribution in [1.29, 1.82) is 0 Å². The molecule has 0 unspecified atom stereocenters. The lowest BCUT2D eigenvalue weighted by molar-refractivity contribution is -0.117. The summed E-state index contributed by atoms with van der Waals surface area (Å²) in [6, 6.07) is 9.36. The first-order valence-electron chi connectivity index (χ1n) is 8.65. The van der Waals surface area contributed by atoms with Gasteiger partial charge >= 0.3 is 0 Å². The Morgan fingerprint density at radius 1 is 1.21 bits per heavy atom. The van der Waals surface area contributed by atoms with Gasteiger partial charge in [-0.1, -0.05) is 31.5 Å². The zero-order valence-electron chi connectivity index (χ0n) is 14.0. The number of hydrogen-bond donors (Lipinski definition) is 1. The van der Waals surface area contributed by atoms with Crippen molar-refractivity contribution in [3.05, 3.63) is 57.5 Å². The second kappa shape index (κ2) is 7.43. The number of aryl methyl sites for hydroxylation is 3. The van der Waals surface area contributed by atoms with Gasteiger partial charge in [-0.3, -0.25) is 9.59 Å². The van der Waals surface area contributed by atoms with Crippen molar-refractivity contribution in [2.24, 2.45) is 0 Å². The van der Waals surface area contributed by atoms with Crippen LogP contribution in [0.25, 0.3) is 0 Å². The molecule has 3 rings (SSSR count). The maximum Gasteiger partial charge on any atom is 0.267 e. The molecule has 5 heteroatoms. The third kappa shape index (κ3) is 3.72. The SMILES string of the molecule is CCc1ccccc1NC(=O)Cn1nc2c(cc1=O)CCCCC2. The highest BCUT2D eigenvalue weighted by Gasteiger charge is 2.14. The minimum Gasteiger partial charge on any atom is -0.324 e. The monoisotopic (exact) mass is 325 g/mol.